The second-order valence-electron chi connectivity index (χ2n) is 4.62. The van der Waals surface area contributed by atoms with Gasteiger partial charge in [0.25, 0.3) is 0 Å². The summed E-state index contributed by atoms with van der Waals surface area (Å²) >= 11 is 5.72. The van der Waals surface area contributed by atoms with Crippen LogP contribution in [0, 0.1) is 0 Å². The van der Waals surface area contributed by atoms with Crippen LogP contribution in [-0.4, -0.2) is 50.3 Å². The van der Waals surface area contributed by atoms with Crippen LogP contribution in [0.4, 0.5) is 18.9 Å². The molecular formula is C13H14ClF3N2O2. The second-order valence-corrected chi connectivity index (χ2v) is 5.02. The van der Waals surface area contributed by atoms with Crippen molar-refractivity contribution in [3.63, 3.8) is 0 Å². The van der Waals surface area contributed by atoms with Crippen molar-refractivity contribution >= 4 is 23.6 Å². The Kier molecular flexibility index (Phi) is 4.95. The lowest BCUT2D eigenvalue weighted by Crippen LogP contribution is -2.46. The van der Waals surface area contributed by atoms with Gasteiger partial charge in [-0.25, -0.2) is 0 Å². The quantitative estimate of drug-likeness (QED) is 0.798. The average molecular weight is 323 g/mol. The number of rotatable bonds is 4. The smallest absolute Gasteiger partial charge is 0.404 e. The summed E-state index contributed by atoms with van der Waals surface area (Å²) in [6, 6.07) is 4.32. The molecule has 2 rings (SSSR count). The number of halogens is 4. The predicted octanol–water partition coefficient (Wildman–Crippen LogP) is 2.56. The van der Waals surface area contributed by atoms with E-state index in [4.69, 9.17) is 11.6 Å². The maximum Gasteiger partial charge on any atom is 0.573 e. The molecule has 4 nitrogen and oxygen atoms in total. The van der Waals surface area contributed by atoms with Crippen LogP contribution in [0.5, 0.6) is 5.75 Å². The molecule has 8 heteroatoms. The number of ether oxygens (including phenoxy) is 1. The molecule has 1 aliphatic heterocycles. The van der Waals surface area contributed by atoms with E-state index in [1.54, 1.807) is 6.07 Å². The van der Waals surface area contributed by atoms with Crippen LogP contribution in [-0.2, 0) is 4.79 Å². The zero-order chi connectivity index (χ0) is 15.5. The van der Waals surface area contributed by atoms with Gasteiger partial charge < -0.3 is 14.4 Å². The monoisotopic (exact) mass is 322 g/mol. The minimum Gasteiger partial charge on any atom is -0.404 e. The summed E-state index contributed by atoms with van der Waals surface area (Å²) in [4.78, 5) is 14.4. The summed E-state index contributed by atoms with van der Waals surface area (Å²) < 4.78 is 40.8. The fourth-order valence-corrected chi connectivity index (χ4v) is 2.34. The molecule has 0 radical (unpaired) electrons. The summed E-state index contributed by atoms with van der Waals surface area (Å²) in [5, 5.41) is -0.0873. The average Bonchev–Trinajstić information content (AvgIpc) is 2.41. The molecule has 0 spiro atoms. The summed E-state index contributed by atoms with van der Waals surface area (Å²) in [6.45, 7) is 2.98. The van der Waals surface area contributed by atoms with Crippen LogP contribution >= 0.6 is 11.6 Å². The van der Waals surface area contributed by atoms with E-state index in [0.29, 0.717) is 38.4 Å². The number of aldehydes is 1. The van der Waals surface area contributed by atoms with Crippen molar-refractivity contribution < 1.29 is 22.7 Å². The zero-order valence-electron chi connectivity index (χ0n) is 11.1. The minimum atomic E-state index is -4.77. The van der Waals surface area contributed by atoms with Crippen LogP contribution in [0.1, 0.15) is 0 Å². The second kappa shape index (κ2) is 6.53. The number of benzene rings is 1. The molecule has 0 aromatic heterocycles. The normalized spacial score (nSPS) is 16.9. The van der Waals surface area contributed by atoms with E-state index in [-0.39, 0.29) is 5.02 Å². The van der Waals surface area contributed by atoms with Crippen molar-refractivity contribution in [1.82, 2.24) is 4.90 Å². The van der Waals surface area contributed by atoms with Crippen LogP contribution in [0.2, 0.25) is 5.02 Å². The number of carbonyl (C=O) groups excluding carboxylic acids is 1. The van der Waals surface area contributed by atoms with Crippen molar-refractivity contribution in [2.75, 3.05) is 37.6 Å². The molecular weight excluding hydrogens is 309 g/mol. The number of alkyl halides is 3. The van der Waals surface area contributed by atoms with Crippen LogP contribution in [0.3, 0.4) is 0 Å². The third kappa shape index (κ3) is 4.50. The SMILES string of the molecule is O=CCN1CCN(c2ccc(Cl)c(OC(F)(F)F)c2)CC1. The van der Waals surface area contributed by atoms with Gasteiger partial charge in [-0.1, -0.05) is 11.6 Å². The third-order valence-corrected chi connectivity index (χ3v) is 3.52. The van der Waals surface area contributed by atoms with Gasteiger partial charge in [0.1, 0.15) is 12.0 Å². The highest BCUT2D eigenvalue weighted by atomic mass is 35.5. The molecule has 1 saturated heterocycles. The molecule has 0 amide bonds. The number of nitrogens with zero attached hydrogens (tertiary/aromatic N) is 2. The highest BCUT2D eigenvalue weighted by molar-refractivity contribution is 6.32. The van der Waals surface area contributed by atoms with E-state index in [1.807, 2.05) is 9.80 Å². The Labute approximate surface area is 125 Å². The summed E-state index contributed by atoms with van der Waals surface area (Å²) in [6.07, 6.45) is -3.93. The van der Waals surface area contributed by atoms with Gasteiger partial charge >= 0.3 is 6.36 Å². The molecule has 1 aliphatic rings. The molecule has 0 aliphatic carbocycles. The molecule has 1 heterocycles. The van der Waals surface area contributed by atoms with Crippen molar-refractivity contribution in [3.05, 3.63) is 23.2 Å². The van der Waals surface area contributed by atoms with Crippen LogP contribution in [0.15, 0.2) is 18.2 Å². The largest absolute Gasteiger partial charge is 0.573 e. The standard InChI is InChI=1S/C13H14ClF3N2O2/c14-11-2-1-10(9-12(11)21-13(15,16)17)19-5-3-18(4-6-19)7-8-20/h1-2,8-9H,3-7H2. The molecule has 1 fully saturated rings. The van der Waals surface area contributed by atoms with E-state index in [0.717, 1.165) is 6.29 Å². The number of hydrogen-bond donors (Lipinski definition) is 0. The number of anilines is 1. The lowest BCUT2D eigenvalue weighted by molar-refractivity contribution is -0.274. The summed E-state index contributed by atoms with van der Waals surface area (Å²) in [7, 11) is 0. The molecule has 1 aromatic carbocycles. The predicted molar refractivity (Wildman–Crippen MR) is 72.9 cm³/mol. The van der Waals surface area contributed by atoms with Gasteiger partial charge in [0.15, 0.2) is 0 Å². The molecule has 0 atom stereocenters. The van der Waals surface area contributed by atoms with Crippen LogP contribution in [0.25, 0.3) is 0 Å². The maximum atomic E-state index is 12.3. The molecule has 0 bridgehead atoms. The Morgan fingerprint density at radius 3 is 2.48 bits per heavy atom. The Hall–Kier alpha value is -1.47. The van der Waals surface area contributed by atoms with Crippen molar-refractivity contribution in [2.24, 2.45) is 0 Å². The van der Waals surface area contributed by atoms with Gasteiger partial charge in [-0.3, -0.25) is 4.90 Å². The Bertz CT molecular complexity index is 503. The highest BCUT2D eigenvalue weighted by Crippen LogP contribution is 2.33. The third-order valence-electron chi connectivity index (χ3n) is 3.21. The van der Waals surface area contributed by atoms with Gasteiger partial charge in [0.05, 0.1) is 11.6 Å². The molecule has 1 aromatic rings. The zero-order valence-corrected chi connectivity index (χ0v) is 11.8. The number of piperazine rings is 1. The molecule has 0 N–H and O–H groups in total. The molecule has 0 unspecified atom stereocenters. The topological polar surface area (TPSA) is 32.8 Å². The number of carbonyl (C=O) groups is 1. The lowest BCUT2D eigenvalue weighted by atomic mass is 10.2. The maximum absolute atomic E-state index is 12.3. The van der Waals surface area contributed by atoms with Crippen molar-refractivity contribution in [1.29, 1.82) is 0 Å². The van der Waals surface area contributed by atoms with E-state index in [1.165, 1.54) is 12.1 Å². The van der Waals surface area contributed by atoms with E-state index in [2.05, 4.69) is 4.74 Å². The first-order valence-corrected chi connectivity index (χ1v) is 6.73. The van der Waals surface area contributed by atoms with Gasteiger partial charge in [0.2, 0.25) is 0 Å². The minimum absolute atomic E-state index is 0.0873. The van der Waals surface area contributed by atoms with Crippen molar-refractivity contribution in [3.8, 4) is 5.75 Å². The van der Waals surface area contributed by atoms with Gasteiger partial charge in [0, 0.05) is 37.9 Å². The van der Waals surface area contributed by atoms with Crippen molar-refractivity contribution in [2.45, 2.75) is 6.36 Å². The fourth-order valence-electron chi connectivity index (χ4n) is 2.19. The van der Waals surface area contributed by atoms with Gasteiger partial charge in [-0.05, 0) is 12.1 Å². The molecule has 0 saturated carbocycles. The lowest BCUT2D eigenvalue weighted by Gasteiger charge is -2.35. The first-order valence-electron chi connectivity index (χ1n) is 6.35. The van der Waals surface area contributed by atoms with Crippen LogP contribution < -0.4 is 9.64 Å². The fraction of sp³-hybridized carbons (Fsp3) is 0.462. The van der Waals surface area contributed by atoms with Gasteiger partial charge in [-0.15, -0.1) is 13.2 Å². The Morgan fingerprint density at radius 2 is 1.90 bits per heavy atom. The Morgan fingerprint density at radius 1 is 1.24 bits per heavy atom. The van der Waals surface area contributed by atoms with E-state index in [9.17, 15) is 18.0 Å². The summed E-state index contributed by atoms with van der Waals surface area (Å²) in [5.74, 6) is -0.406. The first kappa shape index (κ1) is 15.9. The highest BCUT2D eigenvalue weighted by Gasteiger charge is 2.32. The summed E-state index contributed by atoms with van der Waals surface area (Å²) in [5.41, 5.74) is 0.615. The Balaban J connectivity index is 2.07. The first-order chi connectivity index (χ1) is 9.89. The van der Waals surface area contributed by atoms with E-state index >= 15 is 0 Å². The molecule has 116 valence electrons. The van der Waals surface area contributed by atoms with Gasteiger partial charge in [-0.2, -0.15) is 0 Å². The number of hydrogen-bond acceptors (Lipinski definition) is 4. The van der Waals surface area contributed by atoms with E-state index < -0.39 is 12.1 Å². The molecule has 21 heavy (non-hydrogen) atoms.